The molecule has 0 amide bonds. The lowest BCUT2D eigenvalue weighted by molar-refractivity contribution is 0.318. The molecule has 0 saturated carbocycles. The molecule has 1 aromatic heterocycles. The summed E-state index contributed by atoms with van der Waals surface area (Å²) in [6.45, 7) is 5.20. The number of halogens is 1. The van der Waals surface area contributed by atoms with E-state index < -0.39 is 0 Å². The highest BCUT2D eigenvalue weighted by Crippen LogP contribution is 2.27. The third-order valence-electron chi connectivity index (χ3n) is 3.20. The maximum absolute atomic E-state index is 8.78. The van der Waals surface area contributed by atoms with Crippen LogP contribution in [0.2, 0.25) is 0 Å². The second-order valence-electron chi connectivity index (χ2n) is 4.95. The molecular formula is C15H18BrN3OS. The van der Waals surface area contributed by atoms with E-state index in [0.29, 0.717) is 11.6 Å². The van der Waals surface area contributed by atoms with Crippen LogP contribution in [0.3, 0.4) is 0 Å². The standard InChI is InChI=1S/C15H18BrN3OS/c1-10(2)19(9-12-4-3-7-21-12)11-5-6-13(14(16)8-11)15(17)18-20/h3-8,10,20H,9H2,1-2H3,(H2,17,18). The number of amidine groups is 1. The van der Waals surface area contributed by atoms with E-state index in [1.165, 1.54) is 4.88 Å². The van der Waals surface area contributed by atoms with Crippen molar-refractivity contribution in [3.8, 4) is 0 Å². The normalized spacial score (nSPS) is 11.9. The van der Waals surface area contributed by atoms with E-state index >= 15 is 0 Å². The highest BCUT2D eigenvalue weighted by Gasteiger charge is 2.14. The Balaban J connectivity index is 2.31. The third-order valence-corrected chi connectivity index (χ3v) is 4.71. The average Bonchev–Trinajstić information content (AvgIpc) is 2.96. The van der Waals surface area contributed by atoms with Gasteiger partial charge in [-0.25, -0.2) is 0 Å². The molecule has 0 fully saturated rings. The SMILES string of the molecule is CC(C)N(Cc1cccs1)c1ccc(/C(N)=N/O)c(Br)c1. The van der Waals surface area contributed by atoms with E-state index in [2.05, 4.69) is 57.3 Å². The van der Waals surface area contributed by atoms with Crippen LogP contribution in [0, 0.1) is 0 Å². The van der Waals surface area contributed by atoms with Gasteiger partial charge in [0.15, 0.2) is 5.84 Å². The van der Waals surface area contributed by atoms with Crippen LogP contribution >= 0.6 is 27.3 Å². The minimum atomic E-state index is 0.0998. The van der Waals surface area contributed by atoms with Crippen LogP contribution in [-0.4, -0.2) is 17.1 Å². The molecule has 0 aliphatic carbocycles. The van der Waals surface area contributed by atoms with Gasteiger partial charge >= 0.3 is 0 Å². The quantitative estimate of drug-likeness (QED) is 0.363. The van der Waals surface area contributed by atoms with Crippen LogP contribution < -0.4 is 10.6 Å². The Morgan fingerprint density at radius 3 is 2.71 bits per heavy atom. The summed E-state index contributed by atoms with van der Waals surface area (Å²) in [6.07, 6.45) is 0. The minimum absolute atomic E-state index is 0.0998. The smallest absolute Gasteiger partial charge is 0.171 e. The number of nitrogens with two attached hydrogens (primary N) is 1. The first-order valence-corrected chi connectivity index (χ1v) is 8.26. The van der Waals surface area contributed by atoms with Gasteiger partial charge in [0.25, 0.3) is 0 Å². The van der Waals surface area contributed by atoms with Crippen molar-refractivity contribution in [3.63, 3.8) is 0 Å². The lowest BCUT2D eigenvalue weighted by Gasteiger charge is -2.29. The molecule has 4 nitrogen and oxygen atoms in total. The molecule has 1 heterocycles. The maximum atomic E-state index is 8.78. The van der Waals surface area contributed by atoms with Gasteiger partial charge in [-0.1, -0.05) is 11.2 Å². The summed E-state index contributed by atoms with van der Waals surface area (Å²) in [4.78, 5) is 3.63. The molecule has 0 aliphatic heterocycles. The summed E-state index contributed by atoms with van der Waals surface area (Å²) in [5.74, 6) is 0.0998. The fourth-order valence-electron chi connectivity index (χ4n) is 2.09. The predicted octanol–water partition coefficient (Wildman–Crippen LogP) is 4.02. The number of benzene rings is 1. The van der Waals surface area contributed by atoms with Crippen LogP contribution in [0.1, 0.15) is 24.3 Å². The Hall–Kier alpha value is -1.53. The zero-order valence-electron chi connectivity index (χ0n) is 12.0. The summed E-state index contributed by atoms with van der Waals surface area (Å²) in [5, 5.41) is 13.9. The highest BCUT2D eigenvalue weighted by atomic mass is 79.9. The monoisotopic (exact) mass is 367 g/mol. The van der Waals surface area contributed by atoms with Gasteiger partial charge in [-0.3, -0.25) is 0 Å². The van der Waals surface area contributed by atoms with Crippen molar-refractivity contribution in [2.24, 2.45) is 10.9 Å². The van der Waals surface area contributed by atoms with Crippen molar-refractivity contribution in [1.29, 1.82) is 0 Å². The third kappa shape index (κ3) is 3.77. The highest BCUT2D eigenvalue weighted by molar-refractivity contribution is 9.10. The first kappa shape index (κ1) is 15.9. The van der Waals surface area contributed by atoms with Gasteiger partial charge in [0.1, 0.15) is 0 Å². The van der Waals surface area contributed by atoms with Gasteiger partial charge in [0.2, 0.25) is 0 Å². The number of hydrogen-bond acceptors (Lipinski definition) is 4. The van der Waals surface area contributed by atoms with Crippen LogP contribution in [0.15, 0.2) is 45.3 Å². The lowest BCUT2D eigenvalue weighted by Crippen LogP contribution is -2.29. The van der Waals surface area contributed by atoms with Gasteiger partial charge in [-0.05, 0) is 59.4 Å². The Morgan fingerprint density at radius 2 is 2.19 bits per heavy atom. The molecule has 3 N–H and O–H groups in total. The number of hydrogen-bond donors (Lipinski definition) is 2. The summed E-state index contributed by atoms with van der Waals surface area (Å²) in [5.41, 5.74) is 7.43. The first-order chi connectivity index (χ1) is 10.0. The summed E-state index contributed by atoms with van der Waals surface area (Å²) < 4.78 is 0.812. The summed E-state index contributed by atoms with van der Waals surface area (Å²) in [6, 6.07) is 10.4. The lowest BCUT2D eigenvalue weighted by atomic mass is 10.1. The van der Waals surface area contributed by atoms with Crippen molar-refractivity contribution in [3.05, 3.63) is 50.6 Å². The van der Waals surface area contributed by atoms with Gasteiger partial charge < -0.3 is 15.8 Å². The van der Waals surface area contributed by atoms with Crippen LogP contribution in [0.25, 0.3) is 0 Å². The fourth-order valence-corrected chi connectivity index (χ4v) is 3.36. The number of thiophene rings is 1. The van der Waals surface area contributed by atoms with Crippen molar-refractivity contribution in [1.82, 2.24) is 0 Å². The topological polar surface area (TPSA) is 61.8 Å². The Morgan fingerprint density at radius 1 is 1.43 bits per heavy atom. The fraction of sp³-hybridized carbons (Fsp3) is 0.267. The molecule has 0 saturated heterocycles. The molecule has 0 radical (unpaired) electrons. The van der Waals surface area contributed by atoms with Crippen LogP contribution in [-0.2, 0) is 6.54 Å². The van der Waals surface area contributed by atoms with Crippen LogP contribution in [0.4, 0.5) is 5.69 Å². The van der Waals surface area contributed by atoms with E-state index in [4.69, 9.17) is 10.9 Å². The Labute approximate surface area is 137 Å². The van der Waals surface area contributed by atoms with Gasteiger partial charge in [-0.2, -0.15) is 0 Å². The molecule has 0 atom stereocenters. The Kier molecular flexibility index (Phi) is 5.25. The molecule has 1 aromatic carbocycles. The van der Waals surface area contributed by atoms with Crippen LogP contribution in [0.5, 0.6) is 0 Å². The van der Waals surface area contributed by atoms with E-state index in [-0.39, 0.29) is 5.84 Å². The molecule has 0 bridgehead atoms. The molecule has 6 heteroatoms. The molecule has 0 unspecified atom stereocenters. The summed E-state index contributed by atoms with van der Waals surface area (Å²) >= 11 is 5.24. The molecule has 2 rings (SSSR count). The van der Waals surface area contributed by atoms with Gasteiger partial charge in [-0.15, -0.1) is 11.3 Å². The number of rotatable bonds is 5. The number of oxime groups is 1. The molecule has 2 aromatic rings. The molecular weight excluding hydrogens is 350 g/mol. The van der Waals surface area contributed by atoms with E-state index in [1.54, 1.807) is 11.3 Å². The second kappa shape index (κ2) is 6.95. The number of anilines is 1. The van der Waals surface area contributed by atoms with Gasteiger partial charge in [0, 0.05) is 26.6 Å². The average molecular weight is 368 g/mol. The number of nitrogens with zero attached hydrogens (tertiary/aromatic N) is 2. The molecule has 0 spiro atoms. The second-order valence-corrected chi connectivity index (χ2v) is 6.84. The molecule has 21 heavy (non-hydrogen) atoms. The maximum Gasteiger partial charge on any atom is 0.171 e. The Bertz CT molecular complexity index is 626. The zero-order valence-corrected chi connectivity index (χ0v) is 14.4. The zero-order chi connectivity index (χ0) is 15.4. The van der Waals surface area contributed by atoms with Gasteiger partial charge in [0.05, 0.1) is 6.54 Å². The van der Waals surface area contributed by atoms with Crippen molar-refractivity contribution in [2.45, 2.75) is 26.4 Å². The largest absolute Gasteiger partial charge is 0.409 e. The van der Waals surface area contributed by atoms with Crippen molar-refractivity contribution >= 4 is 38.8 Å². The van der Waals surface area contributed by atoms with E-state index in [1.807, 2.05) is 18.2 Å². The molecule has 112 valence electrons. The van der Waals surface area contributed by atoms with Crippen molar-refractivity contribution < 1.29 is 5.21 Å². The van der Waals surface area contributed by atoms with E-state index in [9.17, 15) is 0 Å². The molecule has 0 aliphatic rings. The summed E-state index contributed by atoms with van der Waals surface area (Å²) in [7, 11) is 0. The van der Waals surface area contributed by atoms with Crippen molar-refractivity contribution in [2.75, 3.05) is 4.90 Å². The predicted molar refractivity (Wildman–Crippen MR) is 92.3 cm³/mol. The first-order valence-electron chi connectivity index (χ1n) is 6.59. The minimum Gasteiger partial charge on any atom is -0.409 e. The van der Waals surface area contributed by atoms with E-state index in [0.717, 1.165) is 16.7 Å².